The fourth-order valence-corrected chi connectivity index (χ4v) is 1.50. The van der Waals surface area contributed by atoms with Crippen LogP contribution in [0.2, 0.25) is 0 Å². The second-order valence-electron chi connectivity index (χ2n) is 3.99. The highest BCUT2D eigenvalue weighted by molar-refractivity contribution is 6.29. The van der Waals surface area contributed by atoms with Crippen LogP contribution in [0.5, 0.6) is 0 Å². The van der Waals surface area contributed by atoms with Gasteiger partial charge in [-0.1, -0.05) is 17.7 Å². The first-order valence-electron chi connectivity index (χ1n) is 5.17. The van der Waals surface area contributed by atoms with Crippen molar-refractivity contribution < 1.29 is 9.90 Å². The summed E-state index contributed by atoms with van der Waals surface area (Å²) in [5, 5.41) is 9.73. The van der Waals surface area contributed by atoms with Crippen LogP contribution in [0.4, 0.5) is 0 Å². The summed E-state index contributed by atoms with van der Waals surface area (Å²) in [5.41, 5.74) is 5.40. The zero-order valence-electron chi connectivity index (χ0n) is 9.56. The molecule has 4 nitrogen and oxygen atoms in total. The number of carboxylic acid groups (broad SMARTS) is 1. The highest BCUT2D eigenvalue weighted by Crippen LogP contribution is 2.17. The maximum absolute atomic E-state index is 11.2. The Labute approximate surface area is 105 Å². The van der Waals surface area contributed by atoms with Gasteiger partial charge in [0, 0.05) is 23.8 Å². The van der Waals surface area contributed by atoms with Crippen LogP contribution < -0.4 is 5.73 Å². The lowest BCUT2D eigenvalue weighted by molar-refractivity contribution is -0.143. The van der Waals surface area contributed by atoms with Gasteiger partial charge in [0.1, 0.15) is 5.54 Å². The molecule has 0 bridgehead atoms. The van der Waals surface area contributed by atoms with Crippen LogP contribution in [0.1, 0.15) is 18.9 Å². The molecule has 1 aromatic heterocycles. The van der Waals surface area contributed by atoms with E-state index in [9.17, 15) is 9.90 Å². The molecule has 0 fully saturated rings. The lowest BCUT2D eigenvalue weighted by Crippen LogP contribution is -2.49. The number of hydrogen-bond donors (Lipinski definition) is 2. The molecule has 0 saturated heterocycles. The summed E-state index contributed by atoms with van der Waals surface area (Å²) < 4.78 is 0. The van der Waals surface area contributed by atoms with Crippen molar-refractivity contribution in [3.8, 4) is 0 Å². The van der Waals surface area contributed by atoms with Gasteiger partial charge < -0.3 is 10.8 Å². The summed E-state index contributed by atoms with van der Waals surface area (Å²) in [7, 11) is 0. The molecule has 0 aliphatic heterocycles. The van der Waals surface area contributed by atoms with E-state index in [1.807, 2.05) is 0 Å². The standard InChI is InChI=1S/C12H15ClN2O2/c1-9(13)2-5-12(14,11(16)17)8-10-3-6-15-7-4-10/h2-4,6-7H,5,8,14H2,1H3,(H,16,17)/b9-2-. The molecule has 1 atom stereocenters. The zero-order valence-corrected chi connectivity index (χ0v) is 10.3. The molecule has 0 amide bonds. The molecule has 0 radical (unpaired) electrons. The number of nitrogens with two attached hydrogens (primary N) is 1. The number of pyridine rings is 1. The first-order valence-corrected chi connectivity index (χ1v) is 5.55. The van der Waals surface area contributed by atoms with Crippen LogP contribution in [0.15, 0.2) is 35.6 Å². The fraction of sp³-hybridized carbons (Fsp3) is 0.333. The largest absolute Gasteiger partial charge is 0.480 e. The number of halogens is 1. The van der Waals surface area contributed by atoms with Gasteiger partial charge in [-0.05, 0) is 31.0 Å². The minimum atomic E-state index is -1.34. The third kappa shape index (κ3) is 4.17. The quantitative estimate of drug-likeness (QED) is 0.842. The maximum atomic E-state index is 11.2. The average molecular weight is 255 g/mol. The van der Waals surface area contributed by atoms with Crippen molar-refractivity contribution in [3.05, 3.63) is 41.2 Å². The van der Waals surface area contributed by atoms with Crippen molar-refractivity contribution in [2.75, 3.05) is 0 Å². The molecular weight excluding hydrogens is 240 g/mol. The van der Waals surface area contributed by atoms with Gasteiger partial charge in [0.25, 0.3) is 0 Å². The molecule has 0 aromatic carbocycles. The Morgan fingerprint density at radius 2 is 2.18 bits per heavy atom. The Bertz CT molecular complexity index is 416. The second-order valence-corrected chi connectivity index (χ2v) is 4.58. The summed E-state index contributed by atoms with van der Waals surface area (Å²) in [6, 6.07) is 3.50. The Kier molecular flexibility index (Phi) is 4.66. The lowest BCUT2D eigenvalue weighted by Gasteiger charge is -2.23. The van der Waals surface area contributed by atoms with Gasteiger partial charge in [0.05, 0.1) is 0 Å². The number of aromatic nitrogens is 1. The van der Waals surface area contributed by atoms with Crippen LogP contribution in [0.25, 0.3) is 0 Å². The summed E-state index contributed by atoms with van der Waals surface area (Å²) >= 11 is 5.69. The lowest BCUT2D eigenvalue weighted by atomic mass is 9.89. The van der Waals surface area contributed by atoms with Gasteiger partial charge >= 0.3 is 5.97 Å². The summed E-state index contributed by atoms with van der Waals surface area (Å²) in [6.07, 6.45) is 5.28. The third-order valence-electron chi connectivity index (χ3n) is 2.44. The molecule has 1 heterocycles. The Balaban J connectivity index is 2.86. The van der Waals surface area contributed by atoms with E-state index in [4.69, 9.17) is 17.3 Å². The predicted molar refractivity (Wildman–Crippen MR) is 66.7 cm³/mol. The number of nitrogens with zero attached hydrogens (tertiary/aromatic N) is 1. The topological polar surface area (TPSA) is 76.2 Å². The molecule has 0 spiro atoms. The van der Waals surface area contributed by atoms with Crippen LogP contribution >= 0.6 is 11.6 Å². The average Bonchev–Trinajstić information content (AvgIpc) is 2.27. The number of aliphatic carboxylic acids is 1. The molecule has 0 aliphatic rings. The number of hydrogen-bond acceptors (Lipinski definition) is 3. The van der Waals surface area contributed by atoms with E-state index in [-0.39, 0.29) is 12.8 Å². The number of carboxylic acids is 1. The normalized spacial score (nSPS) is 15.4. The predicted octanol–water partition coefficient (Wildman–Crippen LogP) is 1.94. The van der Waals surface area contributed by atoms with Crippen molar-refractivity contribution in [2.45, 2.75) is 25.3 Å². The second kappa shape index (κ2) is 5.80. The molecule has 0 saturated carbocycles. The van der Waals surface area contributed by atoms with Gasteiger partial charge in [0.2, 0.25) is 0 Å². The Morgan fingerprint density at radius 1 is 1.59 bits per heavy atom. The Morgan fingerprint density at radius 3 is 2.65 bits per heavy atom. The SMILES string of the molecule is C/C(Cl)=C/CC(N)(Cc1ccncc1)C(=O)O. The molecule has 0 aliphatic carbocycles. The van der Waals surface area contributed by atoms with Crippen molar-refractivity contribution in [2.24, 2.45) is 5.73 Å². The van der Waals surface area contributed by atoms with Gasteiger partial charge in [-0.15, -0.1) is 0 Å². The van der Waals surface area contributed by atoms with Crippen LogP contribution in [0, 0.1) is 0 Å². The molecule has 1 rings (SSSR count). The van der Waals surface area contributed by atoms with Gasteiger partial charge in [-0.25, -0.2) is 0 Å². The zero-order chi connectivity index (χ0) is 12.9. The van der Waals surface area contributed by atoms with E-state index < -0.39 is 11.5 Å². The minimum Gasteiger partial charge on any atom is -0.480 e. The molecule has 1 aromatic rings. The van der Waals surface area contributed by atoms with Crippen LogP contribution in [-0.2, 0) is 11.2 Å². The number of carbonyl (C=O) groups is 1. The maximum Gasteiger partial charge on any atom is 0.324 e. The first kappa shape index (κ1) is 13.7. The monoisotopic (exact) mass is 254 g/mol. The number of allylic oxidation sites excluding steroid dienone is 1. The van der Waals surface area contributed by atoms with E-state index in [0.717, 1.165) is 5.56 Å². The van der Waals surface area contributed by atoms with Gasteiger partial charge in [-0.3, -0.25) is 9.78 Å². The molecule has 17 heavy (non-hydrogen) atoms. The van der Waals surface area contributed by atoms with E-state index in [1.54, 1.807) is 37.5 Å². The van der Waals surface area contributed by atoms with Crippen molar-refractivity contribution >= 4 is 17.6 Å². The van der Waals surface area contributed by atoms with E-state index in [0.29, 0.717) is 5.03 Å². The minimum absolute atomic E-state index is 0.194. The molecule has 92 valence electrons. The van der Waals surface area contributed by atoms with Crippen LogP contribution in [-0.4, -0.2) is 21.6 Å². The van der Waals surface area contributed by atoms with Crippen LogP contribution in [0.3, 0.4) is 0 Å². The smallest absolute Gasteiger partial charge is 0.324 e. The summed E-state index contributed by atoms with van der Waals surface area (Å²) in [5.74, 6) is -1.04. The highest BCUT2D eigenvalue weighted by atomic mass is 35.5. The van der Waals surface area contributed by atoms with Crippen molar-refractivity contribution in [1.29, 1.82) is 0 Å². The van der Waals surface area contributed by atoms with Crippen molar-refractivity contribution in [3.63, 3.8) is 0 Å². The summed E-state index contributed by atoms with van der Waals surface area (Å²) in [6.45, 7) is 1.69. The third-order valence-corrected chi connectivity index (χ3v) is 2.60. The molecular formula is C12H15ClN2O2. The van der Waals surface area contributed by atoms with Crippen molar-refractivity contribution in [1.82, 2.24) is 4.98 Å². The summed E-state index contributed by atoms with van der Waals surface area (Å²) in [4.78, 5) is 15.1. The molecule has 3 N–H and O–H groups in total. The van der Waals surface area contributed by atoms with E-state index in [2.05, 4.69) is 4.98 Å². The highest BCUT2D eigenvalue weighted by Gasteiger charge is 2.33. The molecule has 1 unspecified atom stereocenters. The Hall–Kier alpha value is -1.39. The van der Waals surface area contributed by atoms with E-state index >= 15 is 0 Å². The molecule has 5 heteroatoms. The first-order chi connectivity index (χ1) is 7.94. The number of rotatable bonds is 5. The van der Waals surface area contributed by atoms with Gasteiger partial charge in [0.15, 0.2) is 0 Å². The van der Waals surface area contributed by atoms with Gasteiger partial charge in [-0.2, -0.15) is 0 Å². The van der Waals surface area contributed by atoms with E-state index in [1.165, 1.54) is 0 Å². The fourth-order valence-electron chi connectivity index (χ4n) is 1.42.